The molecular weight excluding hydrogens is 404 g/mol. The summed E-state index contributed by atoms with van der Waals surface area (Å²) in [4.78, 5) is 17.3. The van der Waals surface area contributed by atoms with Crippen molar-refractivity contribution in [2.24, 2.45) is 10.2 Å². The summed E-state index contributed by atoms with van der Waals surface area (Å²) < 4.78 is 3.85. The van der Waals surface area contributed by atoms with Crippen molar-refractivity contribution in [1.82, 2.24) is 19.4 Å². The van der Waals surface area contributed by atoms with Crippen LogP contribution in [0.4, 0.5) is 0 Å². The van der Waals surface area contributed by atoms with Crippen LogP contribution in [0.3, 0.4) is 0 Å². The van der Waals surface area contributed by atoms with Crippen LogP contribution in [0, 0.1) is 6.92 Å². The summed E-state index contributed by atoms with van der Waals surface area (Å²) in [7, 11) is 0. The smallest absolute Gasteiger partial charge is 0.267 e. The molecule has 2 aliphatic heterocycles. The van der Waals surface area contributed by atoms with Crippen LogP contribution in [0.25, 0.3) is 0 Å². The quantitative estimate of drug-likeness (QED) is 0.743. The Balaban J connectivity index is 0.00000210. The second-order valence-electron chi connectivity index (χ2n) is 6.05. The zero-order valence-corrected chi connectivity index (χ0v) is 17.2. The molecule has 0 aliphatic carbocycles. The fraction of sp³-hybridized carbons (Fsp3) is 0.353. The van der Waals surface area contributed by atoms with Crippen LogP contribution < -0.4 is 0 Å². The molecule has 0 saturated carbocycles. The number of benzene rings is 1. The molecule has 1 fully saturated rings. The van der Waals surface area contributed by atoms with E-state index < -0.39 is 0 Å². The van der Waals surface area contributed by atoms with Crippen molar-refractivity contribution in [2.45, 2.75) is 6.92 Å². The molecule has 1 saturated heterocycles. The molecular formula is C17H19ClN6OS2. The Morgan fingerprint density at radius 1 is 1.07 bits per heavy atom. The summed E-state index contributed by atoms with van der Waals surface area (Å²) in [6.45, 7) is 4.69. The first kappa shape index (κ1) is 19.8. The first-order valence-corrected chi connectivity index (χ1v) is 10.1. The van der Waals surface area contributed by atoms with Crippen LogP contribution >= 0.6 is 35.7 Å². The van der Waals surface area contributed by atoms with Gasteiger partial charge in [-0.05, 0) is 24.0 Å². The van der Waals surface area contributed by atoms with Gasteiger partial charge in [-0.2, -0.15) is 5.10 Å². The molecule has 2 aliphatic rings. The van der Waals surface area contributed by atoms with Crippen LogP contribution in [0.15, 0.2) is 40.5 Å². The van der Waals surface area contributed by atoms with Gasteiger partial charge >= 0.3 is 0 Å². The fourth-order valence-electron chi connectivity index (χ4n) is 2.89. The van der Waals surface area contributed by atoms with E-state index in [1.165, 1.54) is 11.5 Å². The van der Waals surface area contributed by atoms with Crippen LogP contribution in [0.5, 0.6) is 0 Å². The summed E-state index contributed by atoms with van der Waals surface area (Å²) in [5.74, 6) is 0.841. The highest BCUT2D eigenvalue weighted by atomic mass is 35.5. The number of hydrogen-bond acceptors (Lipinski definition) is 8. The number of halogens is 1. The molecule has 1 aromatic carbocycles. The van der Waals surface area contributed by atoms with Crippen LogP contribution in [0.2, 0.25) is 0 Å². The number of hydrogen-bond donors (Lipinski definition) is 0. The Morgan fingerprint density at radius 3 is 2.41 bits per heavy atom. The molecule has 0 radical (unpaired) electrons. The molecule has 0 unspecified atom stereocenters. The van der Waals surface area contributed by atoms with E-state index in [0.717, 1.165) is 35.3 Å². The summed E-state index contributed by atoms with van der Waals surface area (Å²) in [6.07, 6.45) is 0. The lowest BCUT2D eigenvalue weighted by molar-refractivity contribution is 0.0697. The molecule has 142 valence electrons. The van der Waals surface area contributed by atoms with Crippen molar-refractivity contribution >= 4 is 52.5 Å². The topological polar surface area (TPSA) is 74.1 Å². The number of carbonyl (C=O) groups excluding carboxylic acids is 1. The Bertz CT molecular complexity index is 861. The van der Waals surface area contributed by atoms with Crippen LogP contribution in [-0.4, -0.2) is 68.1 Å². The zero-order valence-electron chi connectivity index (χ0n) is 14.7. The number of amidine groups is 1. The van der Waals surface area contributed by atoms with Gasteiger partial charge in [-0.1, -0.05) is 46.6 Å². The molecule has 0 atom stereocenters. The number of aryl methyl sites for hydroxylation is 1. The maximum absolute atomic E-state index is 12.5. The van der Waals surface area contributed by atoms with Crippen LogP contribution in [0.1, 0.15) is 20.9 Å². The number of piperazine rings is 1. The molecule has 3 heterocycles. The largest absolute Gasteiger partial charge is 0.346 e. The summed E-state index contributed by atoms with van der Waals surface area (Å²) in [5.41, 5.74) is 2.82. The number of nitrogens with zero attached hydrogens (tertiary/aromatic N) is 6. The third-order valence-corrected chi connectivity index (χ3v) is 6.22. The average molecular weight is 423 g/mol. The lowest BCUT2D eigenvalue weighted by Gasteiger charge is -2.36. The third-order valence-electron chi connectivity index (χ3n) is 4.38. The predicted molar refractivity (Wildman–Crippen MR) is 112 cm³/mol. The second-order valence-corrected chi connectivity index (χ2v) is 7.75. The van der Waals surface area contributed by atoms with Crippen molar-refractivity contribution in [3.05, 3.63) is 46.5 Å². The zero-order chi connectivity index (χ0) is 17.9. The van der Waals surface area contributed by atoms with E-state index in [4.69, 9.17) is 0 Å². The standard InChI is InChI=1S/C17H18N6OS2.ClH/c1-12-15(26-21-18-12)16(24)22-7-9-23(10-8-22)17-20-19-14(11-25-17)13-5-3-2-4-6-13;/h2-6H,7-11H2,1H3;1H. The molecule has 1 aromatic heterocycles. The van der Waals surface area contributed by atoms with E-state index in [2.05, 4.69) is 36.8 Å². The molecule has 0 bridgehead atoms. The van der Waals surface area contributed by atoms with Gasteiger partial charge in [0.2, 0.25) is 0 Å². The molecule has 27 heavy (non-hydrogen) atoms. The van der Waals surface area contributed by atoms with E-state index in [0.29, 0.717) is 23.7 Å². The van der Waals surface area contributed by atoms with Gasteiger partial charge in [0.15, 0.2) is 5.17 Å². The maximum Gasteiger partial charge on any atom is 0.267 e. The lowest BCUT2D eigenvalue weighted by Crippen LogP contribution is -2.50. The van der Waals surface area contributed by atoms with Crippen molar-refractivity contribution < 1.29 is 4.79 Å². The fourth-order valence-corrected chi connectivity index (χ4v) is 4.47. The summed E-state index contributed by atoms with van der Waals surface area (Å²) >= 11 is 2.87. The SMILES string of the molecule is Cc1nnsc1C(=O)N1CCN(C2=NN=C(c3ccccc3)CS2)CC1.Cl. The normalized spacial score (nSPS) is 17.1. The number of rotatable bonds is 2. The summed E-state index contributed by atoms with van der Waals surface area (Å²) in [6, 6.07) is 10.1. The highest BCUT2D eigenvalue weighted by molar-refractivity contribution is 8.14. The van der Waals surface area contributed by atoms with Crippen LogP contribution in [-0.2, 0) is 0 Å². The van der Waals surface area contributed by atoms with Gasteiger partial charge in [-0.3, -0.25) is 4.79 Å². The number of carbonyl (C=O) groups is 1. The maximum atomic E-state index is 12.5. The van der Waals surface area contributed by atoms with E-state index in [9.17, 15) is 4.79 Å². The summed E-state index contributed by atoms with van der Waals surface area (Å²) in [5, 5.41) is 13.7. The number of aromatic nitrogens is 2. The van der Waals surface area contributed by atoms with Gasteiger partial charge in [-0.15, -0.1) is 22.6 Å². The van der Waals surface area contributed by atoms with Gasteiger partial charge in [0, 0.05) is 31.9 Å². The minimum atomic E-state index is 0. The highest BCUT2D eigenvalue weighted by Gasteiger charge is 2.27. The van der Waals surface area contributed by atoms with Crippen molar-refractivity contribution in [3.8, 4) is 0 Å². The Labute approximate surface area is 172 Å². The monoisotopic (exact) mass is 422 g/mol. The highest BCUT2D eigenvalue weighted by Crippen LogP contribution is 2.20. The molecule has 7 nitrogen and oxygen atoms in total. The first-order valence-electron chi connectivity index (χ1n) is 8.38. The third kappa shape index (κ3) is 4.31. The predicted octanol–water partition coefficient (Wildman–Crippen LogP) is 2.53. The number of thioether (sulfide) groups is 1. The molecule has 0 spiro atoms. The second kappa shape index (κ2) is 8.81. The van der Waals surface area contributed by atoms with Gasteiger partial charge in [0.25, 0.3) is 5.91 Å². The minimum absolute atomic E-state index is 0. The van der Waals surface area contributed by atoms with Crippen molar-refractivity contribution in [1.29, 1.82) is 0 Å². The van der Waals surface area contributed by atoms with Gasteiger partial charge in [0.05, 0.1) is 11.4 Å². The minimum Gasteiger partial charge on any atom is -0.346 e. The van der Waals surface area contributed by atoms with E-state index >= 15 is 0 Å². The Hall–Kier alpha value is -1.97. The molecule has 0 N–H and O–H groups in total. The van der Waals surface area contributed by atoms with E-state index in [1.54, 1.807) is 11.8 Å². The average Bonchev–Trinajstić information content (AvgIpc) is 3.14. The van der Waals surface area contributed by atoms with Gasteiger partial charge in [0.1, 0.15) is 4.88 Å². The van der Waals surface area contributed by atoms with Gasteiger partial charge < -0.3 is 9.80 Å². The van der Waals surface area contributed by atoms with Gasteiger partial charge in [-0.25, -0.2) is 0 Å². The van der Waals surface area contributed by atoms with E-state index in [-0.39, 0.29) is 18.3 Å². The van der Waals surface area contributed by atoms with Crippen molar-refractivity contribution in [2.75, 3.05) is 31.9 Å². The van der Waals surface area contributed by atoms with Crippen molar-refractivity contribution in [3.63, 3.8) is 0 Å². The lowest BCUT2D eigenvalue weighted by atomic mass is 10.1. The number of amides is 1. The Morgan fingerprint density at radius 2 is 1.81 bits per heavy atom. The molecule has 4 rings (SSSR count). The Kier molecular flexibility index (Phi) is 6.46. The van der Waals surface area contributed by atoms with E-state index in [1.807, 2.05) is 30.0 Å². The molecule has 2 aromatic rings. The first-order chi connectivity index (χ1) is 12.7. The molecule has 1 amide bonds. The molecule has 10 heteroatoms.